The predicted molar refractivity (Wildman–Crippen MR) is 53.3 cm³/mol. The van der Waals surface area contributed by atoms with Crippen molar-refractivity contribution < 1.29 is 13.2 Å². The molecule has 4 nitrogen and oxygen atoms in total. The monoisotopic (exact) mass is 242 g/mol. The van der Waals surface area contributed by atoms with E-state index in [0.717, 1.165) is 12.1 Å². The van der Waals surface area contributed by atoms with Gasteiger partial charge in [0.05, 0.1) is 17.9 Å². The first-order valence-electron chi connectivity index (χ1n) is 4.76. The van der Waals surface area contributed by atoms with Crippen LogP contribution in [0.25, 0.3) is 0 Å². The van der Waals surface area contributed by atoms with Crippen LogP contribution >= 0.6 is 0 Å². The molecule has 1 aromatic carbocycles. The minimum atomic E-state index is -1.53. The van der Waals surface area contributed by atoms with E-state index in [9.17, 15) is 13.2 Å². The maximum atomic E-state index is 13.5. The van der Waals surface area contributed by atoms with Crippen LogP contribution in [-0.4, -0.2) is 15.0 Å². The lowest BCUT2D eigenvalue weighted by molar-refractivity contribution is 0.437. The van der Waals surface area contributed by atoms with E-state index in [4.69, 9.17) is 5.73 Å². The van der Waals surface area contributed by atoms with Gasteiger partial charge < -0.3 is 5.73 Å². The minimum Gasteiger partial charge on any atom is -0.319 e. The van der Waals surface area contributed by atoms with Gasteiger partial charge >= 0.3 is 0 Å². The molecule has 0 saturated heterocycles. The summed E-state index contributed by atoms with van der Waals surface area (Å²) in [6.45, 7) is 0. The Morgan fingerprint density at radius 2 is 1.94 bits per heavy atom. The van der Waals surface area contributed by atoms with Crippen LogP contribution in [0.1, 0.15) is 17.3 Å². The highest BCUT2D eigenvalue weighted by Crippen LogP contribution is 2.24. The van der Waals surface area contributed by atoms with Crippen LogP contribution in [0.15, 0.2) is 18.3 Å². The summed E-state index contributed by atoms with van der Waals surface area (Å²) in [5, 5.41) is 7.21. The fourth-order valence-corrected chi connectivity index (χ4v) is 1.52. The Labute approximate surface area is 94.9 Å². The number of hydrogen-bond donors (Lipinski definition) is 1. The van der Waals surface area contributed by atoms with E-state index in [1.165, 1.54) is 10.9 Å². The number of hydrogen-bond acceptors (Lipinski definition) is 3. The van der Waals surface area contributed by atoms with Crippen molar-refractivity contribution in [2.75, 3.05) is 0 Å². The summed E-state index contributed by atoms with van der Waals surface area (Å²) in [5.41, 5.74) is 6.01. The fraction of sp³-hybridized carbons (Fsp3) is 0.200. The minimum absolute atomic E-state index is 0.144. The molecule has 0 aliphatic carbocycles. The Morgan fingerprint density at radius 1 is 1.24 bits per heavy atom. The van der Waals surface area contributed by atoms with Gasteiger partial charge in [0.2, 0.25) is 0 Å². The average Bonchev–Trinajstić information content (AvgIpc) is 2.72. The summed E-state index contributed by atoms with van der Waals surface area (Å²) in [4.78, 5) is 0. The first kappa shape index (κ1) is 11.6. The first-order valence-corrected chi connectivity index (χ1v) is 4.76. The number of aryl methyl sites for hydroxylation is 1. The van der Waals surface area contributed by atoms with Gasteiger partial charge in [-0.05, 0) is 6.07 Å². The van der Waals surface area contributed by atoms with Crippen LogP contribution in [0, 0.1) is 17.5 Å². The molecular formula is C10H9F3N4. The van der Waals surface area contributed by atoms with Gasteiger partial charge in [0, 0.05) is 12.6 Å². The molecule has 1 aromatic heterocycles. The SMILES string of the molecule is Cn1nncc1C(N)c1ccc(F)c(F)c1F. The molecule has 7 heteroatoms. The Morgan fingerprint density at radius 3 is 2.53 bits per heavy atom. The molecule has 0 fully saturated rings. The highest BCUT2D eigenvalue weighted by Gasteiger charge is 2.21. The van der Waals surface area contributed by atoms with Crippen molar-refractivity contribution in [3.63, 3.8) is 0 Å². The van der Waals surface area contributed by atoms with Crippen LogP contribution in [0.5, 0.6) is 0 Å². The number of nitrogens with zero attached hydrogens (tertiary/aromatic N) is 3. The normalized spacial score (nSPS) is 12.8. The predicted octanol–water partition coefficient (Wildman–Crippen LogP) is 1.28. The summed E-state index contributed by atoms with van der Waals surface area (Å²) in [6.07, 6.45) is 1.34. The number of nitrogens with two attached hydrogens (primary N) is 1. The summed E-state index contributed by atoms with van der Waals surface area (Å²) in [5.74, 6) is -4.08. The number of benzene rings is 1. The highest BCUT2D eigenvalue weighted by atomic mass is 19.2. The summed E-state index contributed by atoms with van der Waals surface area (Å²) < 4.78 is 40.6. The average molecular weight is 242 g/mol. The molecule has 0 amide bonds. The molecule has 90 valence electrons. The maximum Gasteiger partial charge on any atom is 0.194 e. The van der Waals surface area contributed by atoms with E-state index in [0.29, 0.717) is 5.69 Å². The lowest BCUT2D eigenvalue weighted by atomic mass is 10.0. The van der Waals surface area contributed by atoms with Crippen molar-refractivity contribution in [3.8, 4) is 0 Å². The summed E-state index contributed by atoms with van der Waals surface area (Å²) in [6, 6.07) is 0.980. The molecule has 1 unspecified atom stereocenters. The lowest BCUT2D eigenvalue weighted by Gasteiger charge is -2.13. The van der Waals surface area contributed by atoms with E-state index in [1.54, 1.807) is 7.05 Å². The smallest absolute Gasteiger partial charge is 0.194 e. The molecule has 2 N–H and O–H groups in total. The Balaban J connectivity index is 2.48. The van der Waals surface area contributed by atoms with Crippen molar-refractivity contribution >= 4 is 0 Å². The van der Waals surface area contributed by atoms with Gasteiger partial charge in [-0.25, -0.2) is 13.2 Å². The molecule has 0 spiro atoms. The molecule has 1 atom stereocenters. The van der Waals surface area contributed by atoms with Crippen molar-refractivity contribution in [2.24, 2.45) is 12.8 Å². The molecule has 17 heavy (non-hydrogen) atoms. The van der Waals surface area contributed by atoms with Crippen LogP contribution in [0.3, 0.4) is 0 Å². The third kappa shape index (κ3) is 1.89. The van der Waals surface area contributed by atoms with Crippen LogP contribution < -0.4 is 5.73 Å². The third-order valence-electron chi connectivity index (χ3n) is 2.47. The second kappa shape index (κ2) is 4.17. The van der Waals surface area contributed by atoms with Gasteiger partial charge in [-0.1, -0.05) is 11.3 Å². The summed E-state index contributed by atoms with van der Waals surface area (Å²) in [7, 11) is 1.57. The second-order valence-corrected chi connectivity index (χ2v) is 3.52. The van der Waals surface area contributed by atoms with E-state index >= 15 is 0 Å². The van der Waals surface area contributed by atoms with Gasteiger partial charge in [0.25, 0.3) is 0 Å². The highest BCUT2D eigenvalue weighted by molar-refractivity contribution is 5.28. The Kier molecular flexibility index (Phi) is 2.84. The van der Waals surface area contributed by atoms with Gasteiger partial charge in [-0.2, -0.15) is 0 Å². The van der Waals surface area contributed by atoms with Crippen LogP contribution in [-0.2, 0) is 7.05 Å². The molecule has 0 saturated carbocycles. The molecule has 0 aliphatic rings. The fourth-order valence-electron chi connectivity index (χ4n) is 1.52. The zero-order chi connectivity index (χ0) is 12.6. The number of halogens is 3. The second-order valence-electron chi connectivity index (χ2n) is 3.52. The number of aromatic nitrogens is 3. The molecule has 1 heterocycles. The largest absolute Gasteiger partial charge is 0.319 e. The zero-order valence-electron chi connectivity index (χ0n) is 8.86. The standard InChI is InChI=1S/C10H9F3N4/c1-17-7(4-15-16-17)10(14)5-2-3-6(11)9(13)8(5)12/h2-4,10H,14H2,1H3. The first-order chi connectivity index (χ1) is 8.02. The molecular weight excluding hydrogens is 233 g/mol. The summed E-state index contributed by atoms with van der Waals surface area (Å²) >= 11 is 0. The molecule has 0 bridgehead atoms. The Hall–Kier alpha value is -1.89. The molecule has 0 aliphatic heterocycles. The number of rotatable bonds is 2. The topological polar surface area (TPSA) is 56.7 Å². The van der Waals surface area contributed by atoms with Crippen LogP contribution in [0.4, 0.5) is 13.2 Å². The van der Waals surface area contributed by atoms with Gasteiger partial charge in [0.15, 0.2) is 17.5 Å². The van der Waals surface area contributed by atoms with Gasteiger partial charge in [0.1, 0.15) is 0 Å². The van der Waals surface area contributed by atoms with E-state index in [-0.39, 0.29) is 5.56 Å². The molecule has 0 radical (unpaired) electrons. The molecule has 2 aromatic rings. The van der Waals surface area contributed by atoms with Gasteiger partial charge in [-0.3, -0.25) is 4.68 Å². The van der Waals surface area contributed by atoms with Crippen molar-refractivity contribution in [3.05, 3.63) is 47.0 Å². The quantitative estimate of drug-likeness (QED) is 0.807. The zero-order valence-corrected chi connectivity index (χ0v) is 8.86. The maximum absolute atomic E-state index is 13.5. The van der Waals surface area contributed by atoms with Crippen LogP contribution in [0.2, 0.25) is 0 Å². The van der Waals surface area contributed by atoms with E-state index in [2.05, 4.69) is 10.3 Å². The van der Waals surface area contributed by atoms with Crippen molar-refractivity contribution in [1.29, 1.82) is 0 Å². The third-order valence-corrected chi connectivity index (χ3v) is 2.47. The Bertz CT molecular complexity index is 552. The van der Waals surface area contributed by atoms with E-state index < -0.39 is 23.5 Å². The lowest BCUT2D eigenvalue weighted by Crippen LogP contribution is -2.18. The van der Waals surface area contributed by atoms with Crippen molar-refractivity contribution in [2.45, 2.75) is 6.04 Å². The van der Waals surface area contributed by atoms with E-state index in [1.807, 2.05) is 0 Å². The molecule has 2 rings (SSSR count). The van der Waals surface area contributed by atoms with Gasteiger partial charge in [-0.15, -0.1) is 5.10 Å². The van der Waals surface area contributed by atoms with Crippen molar-refractivity contribution in [1.82, 2.24) is 15.0 Å².